The predicted molar refractivity (Wildman–Crippen MR) is 75.2 cm³/mol. The number of rotatable bonds is 6. The molecule has 1 unspecified atom stereocenters. The fourth-order valence-electron chi connectivity index (χ4n) is 3.70. The van der Waals surface area contributed by atoms with E-state index < -0.39 is 0 Å². The lowest BCUT2D eigenvalue weighted by atomic mass is 9.84. The Morgan fingerprint density at radius 2 is 2.05 bits per heavy atom. The van der Waals surface area contributed by atoms with E-state index in [0.29, 0.717) is 0 Å². The van der Waals surface area contributed by atoms with Gasteiger partial charge in [-0.25, -0.2) is 5.43 Å². The van der Waals surface area contributed by atoms with Gasteiger partial charge in [-0.2, -0.15) is 0 Å². The molecule has 1 aliphatic rings. The van der Waals surface area contributed by atoms with E-state index in [1.54, 1.807) is 0 Å². The number of nitrogens with zero attached hydrogens (tertiary/aromatic N) is 4. The highest BCUT2D eigenvalue weighted by Gasteiger charge is 2.46. The van der Waals surface area contributed by atoms with Gasteiger partial charge in [0.1, 0.15) is 0 Å². The second-order valence-electron chi connectivity index (χ2n) is 5.37. The van der Waals surface area contributed by atoms with Crippen molar-refractivity contribution in [2.45, 2.75) is 51.1 Å². The minimum absolute atomic E-state index is 0.0786. The molecule has 0 saturated heterocycles. The van der Waals surface area contributed by atoms with E-state index in [9.17, 15) is 0 Å². The zero-order valence-electron chi connectivity index (χ0n) is 12.3. The van der Waals surface area contributed by atoms with E-state index in [1.165, 1.54) is 25.7 Å². The SMILES string of the molecule is CCN(CC)C1(C(NN)c2cnnn2C)CCCC1. The highest BCUT2D eigenvalue weighted by atomic mass is 15.4. The summed E-state index contributed by atoms with van der Waals surface area (Å²) in [6.07, 6.45) is 6.71. The zero-order valence-corrected chi connectivity index (χ0v) is 12.3. The molecule has 108 valence electrons. The maximum atomic E-state index is 5.90. The number of hydrogen-bond acceptors (Lipinski definition) is 5. The van der Waals surface area contributed by atoms with Gasteiger partial charge in [-0.3, -0.25) is 15.4 Å². The summed E-state index contributed by atoms with van der Waals surface area (Å²) in [4.78, 5) is 2.54. The Balaban J connectivity index is 2.39. The highest BCUT2D eigenvalue weighted by molar-refractivity contribution is 5.14. The molecule has 0 bridgehead atoms. The number of aryl methyl sites for hydroxylation is 1. The Bertz CT molecular complexity index is 392. The zero-order chi connectivity index (χ0) is 13.9. The smallest absolute Gasteiger partial charge is 0.0828 e. The molecule has 2 rings (SSSR count). The molecule has 3 N–H and O–H groups in total. The Kier molecular flexibility index (Phi) is 4.54. The van der Waals surface area contributed by atoms with Crippen LogP contribution in [0.4, 0.5) is 0 Å². The predicted octanol–water partition coefficient (Wildman–Crippen LogP) is 0.974. The molecular weight excluding hydrogens is 240 g/mol. The first-order valence-corrected chi connectivity index (χ1v) is 7.25. The topological polar surface area (TPSA) is 72.0 Å². The summed E-state index contributed by atoms with van der Waals surface area (Å²) in [6, 6.07) is 0.0786. The van der Waals surface area contributed by atoms with Crippen LogP contribution in [0.15, 0.2) is 6.20 Å². The normalized spacial score (nSPS) is 20.1. The van der Waals surface area contributed by atoms with Crippen LogP contribution in [0, 0.1) is 0 Å². The van der Waals surface area contributed by atoms with Gasteiger partial charge in [-0.1, -0.05) is 31.9 Å². The van der Waals surface area contributed by atoms with Gasteiger partial charge in [0.25, 0.3) is 0 Å². The van der Waals surface area contributed by atoms with Gasteiger partial charge < -0.3 is 0 Å². The van der Waals surface area contributed by atoms with Crippen molar-refractivity contribution in [2.75, 3.05) is 13.1 Å². The fourth-order valence-corrected chi connectivity index (χ4v) is 3.70. The van der Waals surface area contributed by atoms with Crippen LogP contribution in [0.3, 0.4) is 0 Å². The molecule has 0 radical (unpaired) electrons. The van der Waals surface area contributed by atoms with E-state index in [0.717, 1.165) is 18.8 Å². The van der Waals surface area contributed by atoms with E-state index in [4.69, 9.17) is 5.84 Å². The van der Waals surface area contributed by atoms with Crippen LogP contribution >= 0.6 is 0 Å². The lowest BCUT2D eigenvalue weighted by Crippen LogP contribution is -2.56. The number of likely N-dealkylation sites (N-methyl/N-ethyl adjacent to an activating group) is 1. The third-order valence-corrected chi connectivity index (χ3v) is 4.61. The Morgan fingerprint density at radius 3 is 2.47 bits per heavy atom. The quantitative estimate of drug-likeness (QED) is 0.593. The molecule has 0 aliphatic heterocycles. The molecule has 0 aromatic carbocycles. The van der Waals surface area contributed by atoms with Crippen LogP contribution in [0.25, 0.3) is 0 Å². The van der Waals surface area contributed by atoms with Crippen LogP contribution in [0.1, 0.15) is 51.3 Å². The second-order valence-corrected chi connectivity index (χ2v) is 5.37. The average molecular weight is 266 g/mol. The number of aromatic nitrogens is 3. The van der Waals surface area contributed by atoms with E-state index >= 15 is 0 Å². The summed E-state index contributed by atoms with van der Waals surface area (Å²) in [7, 11) is 1.93. The molecular formula is C13H26N6. The van der Waals surface area contributed by atoms with E-state index in [2.05, 4.69) is 34.5 Å². The molecule has 1 saturated carbocycles. The number of hydrazine groups is 1. The van der Waals surface area contributed by atoms with Crippen LogP contribution in [-0.2, 0) is 7.05 Å². The average Bonchev–Trinajstić information content (AvgIpc) is 3.04. The Morgan fingerprint density at radius 1 is 1.42 bits per heavy atom. The van der Waals surface area contributed by atoms with Crippen molar-refractivity contribution in [3.8, 4) is 0 Å². The van der Waals surface area contributed by atoms with Crippen molar-refractivity contribution in [2.24, 2.45) is 12.9 Å². The van der Waals surface area contributed by atoms with Gasteiger partial charge in [-0.05, 0) is 25.9 Å². The van der Waals surface area contributed by atoms with Crippen molar-refractivity contribution in [1.29, 1.82) is 0 Å². The van der Waals surface area contributed by atoms with Crippen LogP contribution < -0.4 is 11.3 Å². The van der Waals surface area contributed by atoms with Crippen molar-refractivity contribution >= 4 is 0 Å². The van der Waals surface area contributed by atoms with E-state index in [-0.39, 0.29) is 11.6 Å². The van der Waals surface area contributed by atoms with Crippen molar-refractivity contribution in [3.05, 3.63) is 11.9 Å². The summed E-state index contributed by atoms with van der Waals surface area (Å²) < 4.78 is 1.83. The molecule has 0 amide bonds. The Labute approximate surface area is 115 Å². The first-order valence-electron chi connectivity index (χ1n) is 7.25. The monoisotopic (exact) mass is 266 g/mol. The number of nitrogens with two attached hydrogens (primary N) is 1. The first-order chi connectivity index (χ1) is 9.19. The van der Waals surface area contributed by atoms with E-state index in [1.807, 2.05) is 17.9 Å². The summed E-state index contributed by atoms with van der Waals surface area (Å²) in [5.74, 6) is 5.90. The third-order valence-electron chi connectivity index (χ3n) is 4.61. The summed E-state index contributed by atoms with van der Waals surface area (Å²) in [6.45, 7) is 6.53. The Hall–Kier alpha value is -0.980. The molecule has 1 atom stereocenters. The lowest BCUT2D eigenvalue weighted by Gasteiger charge is -2.45. The minimum Gasteiger partial charge on any atom is -0.296 e. The maximum absolute atomic E-state index is 5.90. The first kappa shape index (κ1) is 14.4. The molecule has 0 spiro atoms. The van der Waals surface area contributed by atoms with Crippen molar-refractivity contribution in [1.82, 2.24) is 25.3 Å². The molecule has 1 fully saturated rings. The molecule has 1 aromatic heterocycles. The second kappa shape index (κ2) is 5.98. The fraction of sp³-hybridized carbons (Fsp3) is 0.846. The maximum Gasteiger partial charge on any atom is 0.0828 e. The van der Waals surface area contributed by atoms with Gasteiger partial charge in [0.05, 0.1) is 17.9 Å². The number of nitrogens with one attached hydrogen (secondary N) is 1. The standard InChI is InChI=1S/C13H26N6/c1-4-19(5-2)13(8-6-7-9-13)12(16-14)11-10-15-17-18(11)3/h10,12,16H,4-9,14H2,1-3H3. The molecule has 1 aliphatic carbocycles. The molecule has 6 heteroatoms. The summed E-state index contributed by atoms with van der Waals surface area (Å²) in [5.41, 5.74) is 4.19. The van der Waals surface area contributed by atoms with Crippen molar-refractivity contribution in [3.63, 3.8) is 0 Å². The largest absolute Gasteiger partial charge is 0.296 e. The summed E-state index contributed by atoms with van der Waals surface area (Å²) >= 11 is 0. The molecule has 1 heterocycles. The minimum atomic E-state index is 0.0786. The lowest BCUT2D eigenvalue weighted by molar-refractivity contribution is 0.0596. The molecule has 1 aromatic rings. The van der Waals surface area contributed by atoms with Crippen molar-refractivity contribution < 1.29 is 0 Å². The third kappa shape index (κ3) is 2.40. The highest BCUT2D eigenvalue weighted by Crippen LogP contribution is 2.43. The van der Waals surface area contributed by atoms with Crippen LogP contribution in [0.5, 0.6) is 0 Å². The molecule has 6 nitrogen and oxygen atoms in total. The van der Waals surface area contributed by atoms with Gasteiger partial charge in [0, 0.05) is 12.6 Å². The van der Waals surface area contributed by atoms with Crippen LogP contribution in [0.2, 0.25) is 0 Å². The van der Waals surface area contributed by atoms with Gasteiger partial charge >= 0.3 is 0 Å². The summed E-state index contributed by atoms with van der Waals surface area (Å²) in [5, 5.41) is 8.05. The van der Waals surface area contributed by atoms with Gasteiger partial charge in [-0.15, -0.1) is 5.10 Å². The van der Waals surface area contributed by atoms with Gasteiger partial charge in [0.2, 0.25) is 0 Å². The van der Waals surface area contributed by atoms with Gasteiger partial charge in [0.15, 0.2) is 0 Å². The van der Waals surface area contributed by atoms with Crippen LogP contribution in [-0.4, -0.2) is 38.5 Å². The molecule has 19 heavy (non-hydrogen) atoms. The number of hydrogen-bond donors (Lipinski definition) is 2.